The third kappa shape index (κ3) is 13.2. The molecule has 0 radical (unpaired) electrons. The number of hydrogen-bond acceptors (Lipinski definition) is 2. The van der Waals surface area contributed by atoms with Crippen LogP contribution in [0, 0.1) is 22.7 Å². The molecule has 0 aromatic rings. The number of unbranched alkanes of at least 4 members (excludes halogenated alkanes) is 12. The van der Waals surface area contributed by atoms with Gasteiger partial charge in [-0.05, 0) is 12.8 Å². The van der Waals surface area contributed by atoms with Crippen molar-refractivity contribution in [1.29, 1.82) is 10.5 Å². The van der Waals surface area contributed by atoms with Crippen LogP contribution in [0.5, 0.6) is 0 Å². The van der Waals surface area contributed by atoms with Crippen LogP contribution in [0.3, 0.4) is 0 Å². The van der Waals surface area contributed by atoms with E-state index in [4.69, 9.17) is 10.5 Å². The van der Waals surface area contributed by atoms with Gasteiger partial charge in [0.05, 0.1) is 0 Å². The topological polar surface area (TPSA) is 47.6 Å². The normalized spacial score (nSPS) is 9.75. The largest absolute Gasteiger partial charge is 0.192 e. The summed E-state index contributed by atoms with van der Waals surface area (Å²) in [7, 11) is 0. The van der Waals surface area contributed by atoms with Crippen molar-refractivity contribution < 1.29 is 0 Å². The van der Waals surface area contributed by atoms with Gasteiger partial charge in [0.15, 0.2) is 0 Å². The third-order valence-electron chi connectivity index (χ3n) is 3.65. The van der Waals surface area contributed by atoms with Gasteiger partial charge in [-0.25, -0.2) is 0 Å². The van der Waals surface area contributed by atoms with Crippen LogP contribution >= 0.6 is 0 Å². The molecule has 112 valence electrons. The minimum absolute atomic E-state index is 0.257. The predicted molar refractivity (Wildman–Crippen MR) is 85.0 cm³/mol. The molecule has 0 aliphatic heterocycles. The van der Waals surface area contributed by atoms with Gasteiger partial charge in [-0.3, -0.25) is 0 Å². The Bertz CT molecular complexity index is 301. The maximum Gasteiger partial charge on any atom is 0.125 e. The van der Waals surface area contributed by atoms with Crippen molar-refractivity contribution in [2.75, 3.05) is 0 Å². The van der Waals surface area contributed by atoms with Crippen LogP contribution in [0.2, 0.25) is 0 Å². The van der Waals surface area contributed by atoms with E-state index in [1.54, 1.807) is 6.08 Å². The van der Waals surface area contributed by atoms with Crippen molar-refractivity contribution in [2.45, 2.75) is 90.4 Å². The molecule has 0 aliphatic rings. The maximum absolute atomic E-state index is 8.58. The molecular formula is C18H30N2. The van der Waals surface area contributed by atoms with E-state index >= 15 is 0 Å². The SMILES string of the molecule is CCCCCCCCCCCCCCC=C(C#N)C#N. The van der Waals surface area contributed by atoms with Gasteiger partial charge in [0.1, 0.15) is 17.7 Å². The molecule has 0 saturated heterocycles. The van der Waals surface area contributed by atoms with Gasteiger partial charge < -0.3 is 0 Å². The van der Waals surface area contributed by atoms with E-state index in [-0.39, 0.29) is 5.57 Å². The molecular weight excluding hydrogens is 244 g/mol. The van der Waals surface area contributed by atoms with Crippen molar-refractivity contribution >= 4 is 0 Å². The molecule has 0 N–H and O–H groups in total. The average molecular weight is 274 g/mol. The zero-order valence-electron chi connectivity index (χ0n) is 13.2. The summed E-state index contributed by atoms with van der Waals surface area (Å²) in [4.78, 5) is 0. The highest BCUT2D eigenvalue weighted by molar-refractivity contribution is 5.34. The summed E-state index contributed by atoms with van der Waals surface area (Å²) in [5, 5.41) is 17.2. The molecule has 0 fully saturated rings. The molecule has 0 aliphatic carbocycles. The second-order valence-electron chi connectivity index (χ2n) is 5.52. The van der Waals surface area contributed by atoms with Crippen LogP contribution < -0.4 is 0 Å². The summed E-state index contributed by atoms with van der Waals surface area (Å²) >= 11 is 0. The first kappa shape index (κ1) is 18.7. The Balaban J connectivity index is 3.16. The summed E-state index contributed by atoms with van der Waals surface area (Å²) in [6, 6.07) is 3.79. The van der Waals surface area contributed by atoms with Crippen LogP contribution in [-0.2, 0) is 0 Å². The average Bonchev–Trinajstić information content (AvgIpc) is 2.48. The molecule has 0 spiro atoms. The highest BCUT2D eigenvalue weighted by Gasteiger charge is 1.94. The smallest absolute Gasteiger partial charge is 0.125 e. The Morgan fingerprint density at radius 3 is 1.50 bits per heavy atom. The fourth-order valence-corrected chi connectivity index (χ4v) is 2.35. The molecule has 0 saturated carbocycles. The van der Waals surface area contributed by atoms with Crippen molar-refractivity contribution in [1.82, 2.24) is 0 Å². The molecule has 0 aromatic carbocycles. The first-order valence-corrected chi connectivity index (χ1v) is 8.35. The minimum Gasteiger partial charge on any atom is -0.192 e. The van der Waals surface area contributed by atoms with Crippen LogP contribution in [0.1, 0.15) is 90.4 Å². The van der Waals surface area contributed by atoms with Crippen LogP contribution in [0.15, 0.2) is 11.6 Å². The Morgan fingerprint density at radius 1 is 0.700 bits per heavy atom. The van der Waals surface area contributed by atoms with Gasteiger partial charge in [0.2, 0.25) is 0 Å². The number of nitriles is 2. The summed E-state index contributed by atoms with van der Waals surface area (Å²) in [5.74, 6) is 0. The van der Waals surface area contributed by atoms with Gasteiger partial charge in [0, 0.05) is 0 Å². The summed E-state index contributed by atoms with van der Waals surface area (Å²) in [6.07, 6.45) is 18.7. The van der Waals surface area contributed by atoms with Gasteiger partial charge in [-0.15, -0.1) is 0 Å². The van der Waals surface area contributed by atoms with Crippen molar-refractivity contribution in [3.63, 3.8) is 0 Å². The number of allylic oxidation sites excluding steroid dienone is 2. The highest BCUT2D eigenvalue weighted by Crippen LogP contribution is 2.12. The first-order valence-electron chi connectivity index (χ1n) is 8.35. The van der Waals surface area contributed by atoms with Crippen LogP contribution in [0.25, 0.3) is 0 Å². The van der Waals surface area contributed by atoms with E-state index in [0.29, 0.717) is 0 Å². The lowest BCUT2D eigenvalue weighted by molar-refractivity contribution is 0.545. The van der Waals surface area contributed by atoms with Gasteiger partial charge in [-0.1, -0.05) is 83.6 Å². The van der Waals surface area contributed by atoms with E-state index in [1.165, 1.54) is 70.6 Å². The molecule has 0 aromatic heterocycles. The van der Waals surface area contributed by atoms with Gasteiger partial charge in [0.25, 0.3) is 0 Å². The third-order valence-corrected chi connectivity index (χ3v) is 3.65. The summed E-state index contributed by atoms with van der Waals surface area (Å²) in [5.41, 5.74) is 0.257. The fourth-order valence-electron chi connectivity index (χ4n) is 2.35. The molecule has 0 rings (SSSR count). The highest BCUT2D eigenvalue weighted by atomic mass is 14.3. The van der Waals surface area contributed by atoms with E-state index in [0.717, 1.165) is 12.8 Å². The quantitative estimate of drug-likeness (QED) is 0.303. The molecule has 0 heterocycles. The second-order valence-corrected chi connectivity index (χ2v) is 5.52. The standard InChI is InChI=1S/C18H30N2/c1-2-3-4-5-6-7-8-9-10-11-12-13-14-15-18(16-19)17-20/h15H,2-14H2,1H3. The number of rotatable bonds is 13. The van der Waals surface area contributed by atoms with Crippen LogP contribution in [0.4, 0.5) is 0 Å². The maximum atomic E-state index is 8.58. The molecule has 0 bridgehead atoms. The van der Waals surface area contributed by atoms with E-state index < -0.39 is 0 Å². The predicted octanol–water partition coefficient (Wildman–Crippen LogP) is 6.05. The Kier molecular flexibility index (Phi) is 14.8. The van der Waals surface area contributed by atoms with E-state index in [2.05, 4.69) is 6.92 Å². The molecule has 0 atom stereocenters. The second kappa shape index (κ2) is 15.8. The lowest BCUT2D eigenvalue weighted by atomic mass is 10.0. The zero-order valence-corrected chi connectivity index (χ0v) is 13.2. The summed E-state index contributed by atoms with van der Waals surface area (Å²) < 4.78 is 0. The Hall–Kier alpha value is -1.28. The number of hydrogen-bond donors (Lipinski definition) is 0. The van der Waals surface area contributed by atoms with E-state index in [9.17, 15) is 0 Å². The first-order chi connectivity index (χ1) is 9.85. The lowest BCUT2D eigenvalue weighted by Gasteiger charge is -2.02. The minimum atomic E-state index is 0.257. The van der Waals surface area contributed by atoms with Gasteiger partial charge >= 0.3 is 0 Å². The van der Waals surface area contributed by atoms with Crippen LogP contribution in [-0.4, -0.2) is 0 Å². The van der Waals surface area contributed by atoms with Gasteiger partial charge in [-0.2, -0.15) is 10.5 Å². The van der Waals surface area contributed by atoms with Crippen molar-refractivity contribution in [2.24, 2.45) is 0 Å². The van der Waals surface area contributed by atoms with Crippen molar-refractivity contribution in [3.8, 4) is 12.1 Å². The monoisotopic (exact) mass is 274 g/mol. The Labute approximate surface area is 125 Å². The van der Waals surface area contributed by atoms with E-state index in [1.807, 2.05) is 12.1 Å². The number of nitrogens with zero attached hydrogens (tertiary/aromatic N) is 2. The van der Waals surface area contributed by atoms with Crippen molar-refractivity contribution in [3.05, 3.63) is 11.6 Å². The molecule has 20 heavy (non-hydrogen) atoms. The Morgan fingerprint density at radius 2 is 1.10 bits per heavy atom. The molecule has 2 heteroatoms. The molecule has 2 nitrogen and oxygen atoms in total. The summed E-state index contributed by atoms with van der Waals surface area (Å²) in [6.45, 7) is 2.26. The zero-order chi connectivity index (χ0) is 14.9. The fraction of sp³-hybridized carbons (Fsp3) is 0.778. The molecule has 0 unspecified atom stereocenters. The lowest BCUT2D eigenvalue weighted by Crippen LogP contribution is -1.82. The molecule has 0 amide bonds.